The van der Waals surface area contributed by atoms with Gasteiger partial charge in [0.15, 0.2) is 5.82 Å². The van der Waals surface area contributed by atoms with E-state index in [4.69, 9.17) is 9.47 Å². The molecule has 1 aromatic rings. The summed E-state index contributed by atoms with van der Waals surface area (Å²) in [5.41, 5.74) is 0. The Labute approximate surface area is 103 Å². The van der Waals surface area contributed by atoms with Gasteiger partial charge in [0.05, 0.1) is 14.2 Å². The summed E-state index contributed by atoms with van der Waals surface area (Å²) in [4.78, 5) is 20.0. The van der Waals surface area contributed by atoms with Gasteiger partial charge in [-0.05, 0) is 6.26 Å². The predicted octanol–water partition coefficient (Wildman–Crippen LogP) is 0.967. The Hall–Kier alpha value is -1.70. The number of anilines is 1. The molecular weight excluding hydrogens is 244 g/mol. The van der Waals surface area contributed by atoms with Crippen molar-refractivity contribution in [2.24, 2.45) is 0 Å². The van der Waals surface area contributed by atoms with Crippen molar-refractivity contribution in [3.05, 3.63) is 0 Å². The minimum atomic E-state index is -0.372. The molecule has 0 spiro atoms. The topological polar surface area (TPSA) is 85.4 Å². The normalized spacial score (nSPS) is 9.65. The molecule has 1 aromatic heterocycles. The van der Waals surface area contributed by atoms with Gasteiger partial charge in [-0.2, -0.15) is 9.97 Å². The maximum absolute atomic E-state index is 11.3. The third kappa shape index (κ3) is 3.13. The lowest BCUT2D eigenvalue weighted by atomic mass is 10.5. The molecular formula is C9H14N4O3S. The number of hydrogen-bond acceptors (Lipinski definition) is 6. The number of carbonyl (C=O) groups excluding carboxylic acids is 1. The van der Waals surface area contributed by atoms with E-state index in [1.807, 2.05) is 6.26 Å². The van der Waals surface area contributed by atoms with Gasteiger partial charge < -0.3 is 14.8 Å². The molecule has 0 atom stereocenters. The van der Waals surface area contributed by atoms with Crippen molar-refractivity contribution in [1.82, 2.24) is 15.3 Å². The van der Waals surface area contributed by atoms with Crippen LogP contribution in [0.5, 0.6) is 11.9 Å². The first kappa shape index (κ1) is 13.4. The van der Waals surface area contributed by atoms with Crippen molar-refractivity contribution in [3.8, 4) is 11.9 Å². The molecule has 0 saturated heterocycles. The zero-order valence-electron chi connectivity index (χ0n) is 10.0. The first-order chi connectivity index (χ1) is 8.15. The summed E-state index contributed by atoms with van der Waals surface area (Å²) in [5, 5.41) is 5.02. The number of amides is 2. The lowest BCUT2D eigenvalue weighted by molar-refractivity contribution is 0.253. The smallest absolute Gasteiger partial charge is 0.321 e. The second-order valence-corrected chi connectivity index (χ2v) is 3.62. The van der Waals surface area contributed by atoms with Crippen LogP contribution >= 0.6 is 11.8 Å². The van der Waals surface area contributed by atoms with Crippen molar-refractivity contribution < 1.29 is 14.3 Å². The van der Waals surface area contributed by atoms with Gasteiger partial charge in [0.25, 0.3) is 0 Å². The Bertz CT molecular complexity index is 413. The standard InChI is InChI=1S/C9H14N4O3S/c1-10-8(14)11-6-5(17-4)7(15-2)13-9(12-6)16-3/h1-4H3,(H2,10,11,12,13,14). The number of nitrogens with one attached hydrogen (secondary N) is 2. The molecule has 0 unspecified atom stereocenters. The number of ether oxygens (including phenoxy) is 2. The summed E-state index contributed by atoms with van der Waals surface area (Å²) in [6.45, 7) is 0. The molecule has 1 heterocycles. The quantitative estimate of drug-likeness (QED) is 0.783. The van der Waals surface area contributed by atoms with Crippen LogP contribution in [-0.4, -0.2) is 43.5 Å². The first-order valence-electron chi connectivity index (χ1n) is 4.69. The third-order valence-corrected chi connectivity index (χ3v) is 2.63. The second-order valence-electron chi connectivity index (χ2n) is 2.81. The number of urea groups is 1. The number of methoxy groups -OCH3 is 2. The minimum absolute atomic E-state index is 0.131. The van der Waals surface area contributed by atoms with E-state index < -0.39 is 0 Å². The van der Waals surface area contributed by atoms with E-state index in [9.17, 15) is 4.79 Å². The minimum Gasteiger partial charge on any atom is -0.480 e. The number of carbonyl (C=O) groups is 1. The summed E-state index contributed by atoms with van der Waals surface area (Å²) in [5.74, 6) is 0.705. The predicted molar refractivity (Wildman–Crippen MR) is 65.0 cm³/mol. The summed E-state index contributed by atoms with van der Waals surface area (Å²) in [6.07, 6.45) is 1.84. The van der Waals surface area contributed by atoms with E-state index in [1.165, 1.54) is 33.0 Å². The lowest BCUT2D eigenvalue weighted by Crippen LogP contribution is -2.25. The van der Waals surface area contributed by atoms with E-state index in [1.54, 1.807) is 0 Å². The number of nitrogens with zero attached hydrogens (tertiary/aromatic N) is 2. The van der Waals surface area contributed by atoms with Gasteiger partial charge in [0.2, 0.25) is 5.88 Å². The molecule has 7 nitrogen and oxygen atoms in total. The average molecular weight is 258 g/mol. The SMILES string of the molecule is CNC(=O)Nc1nc(OC)nc(OC)c1SC. The highest BCUT2D eigenvalue weighted by Crippen LogP contribution is 2.33. The van der Waals surface area contributed by atoms with Crippen LogP contribution in [0.2, 0.25) is 0 Å². The average Bonchev–Trinajstić information content (AvgIpc) is 2.37. The van der Waals surface area contributed by atoms with Crippen LogP contribution < -0.4 is 20.1 Å². The first-order valence-corrected chi connectivity index (χ1v) is 5.91. The largest absolute Gasteiger partial charge is 0.480 e. The second kappa shape index (κ2) is 6.14. The molecule has 0 fully saturated rings. The van der Waals surface area contributed by atoms with Gasteiger partial charge >= 0.3 is 12.0 Å². The highest BCUT2D eigenvalue weighted by molar-refractivity contribution is 7.98. The molecule has 0 bridgehead atoms. The highest BCUT2D eigenvalue weighted by atomic mass is 32.2. The van der Waals surface area contributed by atoms with E-state index >= 15 is 0 Å². The summed E-state index contributed by atoms with van der Waals surface area (Å²) >= 11 is 1.37. The van der Waals surface area contributed by atoms with E-state index in [0.717, 1.165) is 0 Å². The van der Waals surface area contributed by atoms with E-state index in [-0.39, 0.29) is 12.0 Å². The molecule has 0 radical (unpaired) electrons. The fourth-order valence-electron chi connectivity index (χ4n) is 1.08. The summed E-state index contributed by atoms with van der Waals surface area (Å²) in [6, 6.07) is -0.242. The van der Waals surface area contributed by atoms with Crippen LogP contribution in [0.15, 0.2) is 4.90 Å². The number of thioether (sulfide) groups is 1. The van der Waals surface area contributed by atoms with Gasteiger partial charge in [-0.25, -0.2) is 4.79 Å². The molecule has 0 aromatic carbocycles. The monoisotopic (exact) mass is 258 g/mol. The van der Waals surface area contributed by atoms with Gasteiger partial charge in [0, 0.05) is 7.05 Å². The molecule has 0 aliphatic rings. The van der Waals surface area contributed by atoms with Gasteiger partial charge in [-0.15, -0.1) is 11.8 Å². The molecule has 0 saturated carbocycles. The van der Waals surface area contributed by atoms with Gasteiger partial charge in [-0.3, -0.25) is 5.32 Å². The van der Waals surface area contributed by atoms with Crippen LogP contribution in [-0.2, 0) is 0 Å². The van der Waals surface area contributed by atoms with Crippen molar-refractivity contribution in [1.29, 1.82) is 0 Å². The molecule has 2 N–H and O–H groups in total. The maximum atomic E-state index is 11.3. The number of hydrogen-bond donors (Lipinski definition) is 2. The van der Waals surface area contributed by atoms with Crippen molar-refractivity contribution in [2.45, 2.75) is 4.90 Å². The zero-order chi connectivity index (χ0) is 12.8. The molecule has 17 heavy (non-hydrogen) atoms. The van der Waals surface area contributed by atoms with Gasteiger partial charge in [0.1, 0.15) is 4.90 Å². The highest BCUT2D eigenvalue weighted by Gasteiger charge is 2.16. The van der Waals surface area contributed by atoms with Gasteiger partial charge in [-0.1, -0.05) is 0 Å². The van der Waals surface area contributed by atoms with Crippen LogP contribution in [0.1, 0.15) is 0 Å². The molecule has 1 rings (SSSR count). The fraction of sp³-hybridized carbons (Fsp3) is 0.444. The number of rotatable bonds is 4. The Kier molecular flexibility index (Phi) is 4.83. The maximum Gasteiger partial charge on any atom is 0.321 e. The number of aromatic nitrogens is 2. The molecule has 94 valence electrons. The molecule has 0 aliphatic carbocycles. The van der Waals surface area contributed by atoms with E-state index in [2.05, 4.69) is 20.6 Å². The van der Waals surface area contributed by atoms with Crippen molar-refractivity contribution >= 4 is 23.6 Å². The van der Waals surface area contributed by atoms with Crippen molar-refractivity contribution in [2.75, 3.05) is 32.8 Å². The molecule has 2 amide bonds. The van der Waals surface area contributed by atoms with E-state index in [0.29, 0.717) is 16.6 Å². The Morgan fingerprint density at radius 2 is 2.00 bits per heavy atom. The molecule has 8 heteroatoms. The summed E-state index contributed by atoms with van der Waals surface area (Å²) < 4.78 is 10.0. The fourth-order valence-corrected chi connectivity index (χ4v) is 1.67. The zero-order valence-corrected chi connectivity index (χ0v) is 10.8. The van der Waals surface area contributed by atoms with Crippen LogP contribution in [0, 0.1) is 0 Å². The van der Waals surface area contributed by atoms with Crippen molar-refractivity contribution in [3.63, 3.8) is 0 Å². The van der Waals surface area contributed by atoms with Crippen LogP contribution in [0.25, 0.3) is 0 Å². The lowest BCUT2D eigenvalue weighted by Gasteiger charge is -2.12. The Morgan fingerprint density at radius 3 is 2.47 bits per heavy atom. The third-order valence-electron chi connectivity index (χ3n) is 1.85. The Morgan fingerprint density at radius 1 is 1.29 bits per heavy atom. The van der Waals surface area contributed by atoms with Crippen LogP contribution in [0.4, 0.5) is 10.6 Å². The summed E-state index contributed by atoms with van der Waals surface area (Å²) in [7, 11) is 4.45. The molecule has 0 aliphatic heterocycles. The Balaban J connectivity index is 3.19. The van der Waals surface area contributed by atoms with Crippen LogP contribution in [0.3, 0.4) is 0 Å².